The number of hydrogen-bond acceptors (Lipinski definition) is 3. The number of ether oxygens (including phenoxy) is 1. The van der Waals surface area contributed by atoms with E-state index in [0.717, 1.165) is 22.0 Å². The highest BCUT2D eigenvalue weighted by atomic mass is 79.9. The Balaban J connectivity index is 1.81. The molecule has 1 amide bonds. The van der Waals surface area contributed by atoms with E-state index >= 15 is 0 Å². The minimum absolute atomic E-state index is 0.131. The maximum atomic E-state index is 13.0. The highest BCUT2D eigenvalue weighted by Crippen LogP contribution is 2.33. The number of amides is 1. The number of carbonyl (C=O) groups is 1. The van der Waals surface area contributed by atoms with Crippen molar-refractivity contribution >= 4 is 38.4 Å². The molecule has 0 bridgehead atoms. The summed E-state index contributed by atoms with van der Waals surface area (Å²) < 4.78 is 8.43. The molecular weight excluding hydrogens is 408 g/mol. The predicted octanol–water partition coefficient (Wildman–Crippen LogP) is 4.53. The topological polar surface area (TPSA) is 60.3 Å². The van der Waals surface area contributed by atoms with Crippen molar-refractivity contribution in [3.05, 3.63) is 68.4 Å². The Morgan fingerprint density at radius 1 is 1.33 bits per heavy atom. The summed E-state index contributed by atoms with van der Waals surface area (Å²) in [6.07, 6.45) is 2.52. The fourth-order valence-electron chi connectivity index (χ4n) is 3.66. The molecule has 0 aliphatic carbocycles. The van der Waals surface area contributed by atoms with Gasteiger partial charge in [0.05, 0.1) is 17.8 Å². The second kappa shape index (κ2) is 6.85. The van der Waals surface area contributed by atoms with E-state index in [2.05, 4.69) is 28.2 Å². The van der Waals surface area contributed by atoms with Crippen LogP contribution in [0.1, 0.15) is 35.8 Å². The van der Waals surface area contributed by atoms with E-state index in [1.165, 1.54) is 0 Å². The Morgan fingerprint density at radius 3 is 2.89 bits per heavy atom. The first-order valence-electron chi connectivity index (χ1n) is 8.90. The van der Waals surface area contributed by atoms with E-state index in [4.69, 9.17) is 4.74 Å². The molecule has 1 aliphatic rings. The van der Waals surface area contributed by atoms with Crippen LogP contribution in [0, 0.1) is 0 Å². The van der Waals surface area contributed by atoms with Gasteiger partial charge in [0.1, 0.15) is 11.3 Å². The Morgan fingerprint density at radius 2 is 2.11 bits per heavy atom. The summed E-state index contributed by atoms with van der Waals surface area (Å²) in [4.78, 5) is 26.0. The number of nitrogens with one attached hydrogen (secondary N) is 1. The minimum atomic E-state index is -0.432. The number of hydrogen-bond donors (Lipinski definition) is 1. The maximum Gasteiger partial charge on any atom is 0.261 e. The SMILES string of the molecule is CCOc1ccccc1NC(=O)c1cn2c3c(cc(Br)cc3c1=O)C[C@H]2C. The van der Waals surface area contributed by atoms with Gasteiger partial charge in [-0.05, 0) is 50.1 Å². The normalized spacial score (nSPS) is 15.1. The van der Waals surface area contributed by atoms with Crippen LogP contribution >= 0.6 is 15.9 Å². The van der Waals surface area contributed by atoms with Crippen molar-refractivity contribution in [3.8, 4) is 5.75 Å². The van der Waals surface area contributed by atoms with Crippen LogP contribution < -0.4 is 15.5 Å². The predicted molar refractivity (Wildman–Crippen MR) is 110 cm³/mol. The summed E-state index contributed by atoms with van der Waals surface area (Å²) in [5.41, 5.74) is 2.46. The van der Waals surface area contributed by atoms with Crippen molar-refractivity contribution in [1.82, 2.24) is 4.57 Å². The van der Waals surface area contributed by atoms with Crippen molar-refractivity contribution in [2.75, 3.05) is 11.9 Å². The molecule has 27 heavy (non-hydrogen) atoms. The van der Waals surface area contributed by atoms with Gasteiger partial charge in [0.2, 0.25) is 5.43 Å². The molecule has 1 N–H and O–H groups in total. The van der Waals surface area contributed by atoms with Gasteiger partial charge in [0, 0.05) is 22.1 Å². The Labute approximate surface area is 165 Å². The van der Waals surface area contributed by atoms with Gasteiger partial charge in [-0.3, -0.25) is 9.59 Å². The van der Waals surface area contributed by atoms with Crippen LogP contribution in [0.3, 0.4) is 0 Å². The van der Waals surface area contributed by atoms with E-state index in [1.807, 2.05) is 29.7 Å². The first kappa shape index (κ1) is 17.8. The number of anilines is 1. The molecule has 0 saturated heterocycles. The summed E-state index contributed by atoms with van der Waals surface area (Å²) in [5.74, 6) is 0.149. The molecule has 6 heteroatoms. The molecule has 3 aromatic rings. The molecule has 0 spiro atoms. The van der Waals surface area contributed by atoms with Crippen LogP contribution in [0.5, 0.6) is 5.75 Å². The molecule has 0 unspecified atom stereocenters. The van der Waals surface area contributed by atoms with Gasteiger partial charge in [0.15, 0.2) is 0 Å². The van der Waals surface area contributed by atoms with Crippen molar-refractivity contribution < 1.29 is 9.53 Å². The number of benzene rings is 2. The van der Waals surface area contributed by atoms with E-state index in [0.29, 0.717) is 23.4 Å². The molecule has 2 heterocycles. The van der Waals surface area contributed by atoms with Crippen molar-refractivity contribution in [2.24, 2.45) is 0 Å². The summed E-state index contributed by atoms with van der Waals surface area (Å²) in [6.45, 7) is 4.46. The Hall–Kier alpha value is -2.60. The zero-order chi connectivity index (χ0) is 19.1. The molecule has 5 nitrogen and oxygen atoms in total. The van der Waals surface area contributed by atoms with E-state index in [1.54, 1.807) is 24.4 Å². The first-order valence-corrected chi connectivity index (χ1v) is 9.69. The second-order valence-corrected chi connectivity index (χ2v) is 7.59. The van der Waals surface area contributed by atoms with Crippen LogP contribution in [0.2, 0.25) is 0 Å². The van der Waals surface area contributed by atoms with Crippen LogP contribution in [0.25, 0.3) is 10.9 Å². The lowest BCUT2D eigenvalue weighted by molar-refractivity contribution is 0.102. The van der Waals surface area contributed by atoms with Gasteiger partial charge in [-0.25, -0.2) is 0 Å². The monoisotopic (exact) mass is 426 g/mol. The minimum Gasteiger partial charge on any atom is -0.492 e. The molecule has 138 valence electrons. The average Bonchev–Trinajstić information content (AvgIpc) is 2.95. The molecule has 1 aromatic heterocycles. The summed E-state index contributed by atoms with van der Waals surface area (Å²) in [5, 5.41) is 3.39. The van der Waals surface area contributed by atoms with Crippen molar-refractivity contribution in [3.63, 3.8) is 0 Å². The van der Waals surface area contributed by atoms with Gasteiger partial charge < -0.3 is 14.6 Å². The van der Waals surface area contributed by atoms with Crippen LogP contribution in [0.4, 0.5) is 5.69 Å². The highest BCUT2D eigenvalue weighted by Gasteiger charge is 2.25. The van der Waals surface area contributed by atoms with Gasteiger partial charge >= 0.3 is 0 Å². The van der Waals surface area contributed by atoms with Crippen LogP contribution in [-0.4, -0.2) is 17.1 Å². The lowest BCUT2D eigenvalue weighted by Crippen LogP contribution is -2.24. The number of aromatic nitrogens is 1. The van der Waals surface area contributed by atoms with Gasteiger partial charge in [-0.15, -0.1) is 0 Å². The highest BCUT2D eigenvalue weighted by molar-refractivity contribution is 9.10. The van der Waals surface area contributed by atoms with Gasteiger partial charge in [-0.2, -0.15) is 0 Å². The summed E-state index contributed by atoms with van der Waals surface area (Å²) in [7, 11) is 0. The largest absolute Gasteiger partial charge is 0.492 e. The zero-order valence-corrected chi connectivity index (χ0v) is 16.7. The molecule has 1 aliphatic heterocycles. The molecule has 2 aromatic carbocycles. The van der Waals surface area contributed by atoms with E-state index < -0.39 is 5.91 Å². The third-order valence-corrected chi connectivity index (χ3v) is 5.30. The molecule has 1 atom stereocenters. The molecular formula is C21H19BrN2O3. The lowest BCUT2D eigenvalue weighted by atomic mass is 10.1. The third-order valence-electron chi connectivity index (χ3n) is 4.84. The van der Waals surface area contributed by atoms with Gasteiger partial charge in [-0.1, -0.05) is 28.1 Å². The fourth-order valence-corrected chi connectivity index (χ4v) is 4.17. The molecule has 0 radical (unpaired) electrons. The number of nitrogens with zero attached hydrogens (tertiary/aromatic N) is 1. The van der Waals surface area contributed by atoms with Gasteiger partial charge in [0.25, 0.3) is 5.91 Å². The lowest BCUT2D eigenvalue weighted by Gasteiger charge is -2.14. The number of rotatable bonds is 4. The molecule has 4 rings (SSSR count). The standard InChI is InChI=1S/C21H19BrN2O3/c1-3-27-18-7-5-4-6-17(18)23-21(26)16-11-24-12(2)8-13-9-14(22)10-15(19(13)24)20(16)25/h4-7,9-12H,3,8H2,1-2H3,(H,23,26)/t12-/m1/s1. The van der Waals surface area contributed by atoms with Crippen molar-refractivity contribution in [1.29, 1.82) is 0 Å². The number of halogens is 1. The summed E-state index contributed by atoms with van der Waals surface area (Å²) in [6, 6.07) is 11.2. The van der Waals surface area contributed by atoms with E-state index in [9.17, 15) is 9.59 Å². The van der Waals surface area contributed by atoms with Crippen LogP contribution in [0.15, 0.2) is 51.9 Å². The Bertz CT molecular complexity index is 1120. The number of pyridine rings is 1. The summed E-state index contributed by atoms with van der Waals surface area (Å²) >= 11 is 3.48. The fraction of sp³-hybridized carbons (Fsp3) is 0.238. The smallest absolute Gasteiger partial charge is 0.261 e. The number of para-hydroxylation sites is 2. The maximum absolute atomic E-state index is 13.0. The van der Waals surface area contributed by atoms with Crippen molar-refractivity contribution in [2.45, 2.75) is 26.3 Å². The second-order valence-electron chi connectivity index (χ2n) is 6.68. The van der Waals surface area contributed by atoms with Crippen LogP contribution in [-0.2, 0) is 6.42 Å². The number of carbonyl (C=O) groups excluding carboxylic acids is 1. The first-order chi connectivity index (χ1) is 13.0. The molecule has 0 saturated carbocycles. The Kier molecular flexibility index (Phi) is 4.52. The van der Waals surface area contributed by atoms with E-state index in [-0.39, 0.29) is 17.0 Å². The quantitative estimate of drug-likeness (QED) is 0.666. The third kappa shape index (κ3) is 3.04. The zero-order valence-electron chi connectivity index (χ0n) is 15.1. The molecule has 0 fully saturated rings. The average molecular weight is 427 g/mol.